The first-order valence-corrected chi connectivity index (χ1v) is 7.39. The number of anilines is 1. The largest absolute Gasteiger partial charge is 0.363 e. The number of alkyl halides is 1. The third-order valence-electron chi connectivity index (χ3n) is 3.68. The Morgan fingerprint density at radius 1 is 1.28 bits per heavy atom. The van der Waals surface area contributed by atoms with Gasteiger partial charge in [0.1, 0.15) is 11.6 Å². The van der Waals surface area contributed by atoms with Crippen LogP contribution >= 0.6 is 11.6 Å². The molecule has 4 heteroatoms. The van der Waals surface area contributed by atoms with Gasteiger partial charge < -0.3 is 5.32 Å². The van der Waals surface area contributed by atoms with Crippen LogP contribution < -0.4 is 5.32 Å². The third kappa shape index (κ3) is 3.14. The number of aryl methyl sites for hydroxylation is 2. The number of nitrogens with one attached hydrogen (secondary N) is 1. The van der Waals surface area contributed by atoms with Gasteiger partial charge in [0.2, 0.25) is 0 Å². The smallest absolute Gasteiger partial charge is 0.130 e. The van der Waals surface area contributed by atoms with Gasteiger partial charge in [-0.05, 0) is 19.8 Å². The van der Waals surface area contributed by atoms with E-state index in [9.17, 15) is 0 Å². The Bertz CT molecular complexity index is 400. The van der Waals surface area contributed by atoms with Crippen molar-refractivity contribution in [1.82, 2.24) is 9.97 Å². The van der Waals surface area contributed by atoms with Crippen LogP contribution in [0, 0.1) is 6.92 Å². The molecule has 1 aliphatic carbocycles. The molecule has 1 aromatic heterocycles. The van der Waals surface area contributed by atoms with Crippen molar-refractivity contribution in [2.45, 2.75) is 57.9 Å². The number of nitrogens with zero attached hydrogens (tertiary/aromatic N) is 2. The first-order valence-electron chi connectivity index (χ1n) is 6.86. The number of hydrogen-bond donors (Lipinski definition) is 1. The van der Waals surface area contributed by atoms with E-state index in [1.54, 1.807) is 0 Å². The van der Waals surface area contributed by atoms with Crippen LogP contribution in [0.2, 0.25) is 0 Å². The highest BCUT2D eigenvalue weighted by Gasteiger charge is 2.31. The Morgan fingerprint density at radius 2 is 2.00 bits per heavy atom. The average Bonchev–Trinajstić information content (AvgIpc) is 2.39. The van der Waals surface area contributed by atoms with Crippen LogP contribution in [0.3, 0.4) is 0 Å². The number of aromatic nitrogens is 2. The summed E-state index contributed by atoms with van der Waals surface area (Å²) in [6.07, 6.45) is 6.98. The van der Waals surface area contributed by atoms with E-state index in [1.807, 2.05) is 13.0 Å². The van der Waals surface area contributed by atoms with Crippen LogP contribution in [0.5, 0.6) is 0 Å². The summed E-state index contributed by atoms with van der Waals surface area (Å²) in [4.78, 5) is 8.97. The summed E-state index contributed by atoms with van der Waals surface area (Å²) in [6, 6.07) is 2.02. The van der Waals surface area contributed by atoms with Crippen LogP contribution in [0.25, 0.3) is 0 Å². The molecule has 1 N–H and O–H groups in total. The number of rotatable bonds is 4. The second-order valence-corrected chi connectivity index (χ2v) is 5.53. The lowest BCUT2D eigenvalue weighted by Gasteiger charge is -2.37. The minimum atomic E-state index is 0.0333. The van der Waals surface area contributed by atoms with Gasteiger partial charge in [-0.3, -0.25) is 0 Å². The van der Waals surface area contributed by atoms with E-state index in [1.165, 1.54) is 19.3 Å². The normalized spacial score (nSPS) is 18.6. The molecule has 0 spiro atoms. The minimum Gasteiger partial charge on any atom is -0.363 e. The highest BCUT2D eigenvalue weighted by Crippen LogP contribution is 2.32. The quantitative estimate of drug-likeness (QED) is 0.846. The monoisotopic (exact) mass is 267 g/mol. The second-order valence-electron chi connectivity index (χ2n) is 5.26. The summed E-state index contributed by atoms with van der Waals surface area (Å²) < 4.78 is 0. The van der Waals surface area contributed by atoms with Crippen molar-refractivity contribution >= 4 is 17.4 Å². The van der Waals surface area contributed by atoms with Crippen LogP contribution in [0.4, 0.5) is 5.82 Å². The molecule has 1 heterocycles. The topological polar surface area (TPSA) is 37.8 Å². The summed E-state index contributed by atoms with van der Waals surface area (Å²) in [5.74, 6) is 2.48. The van der Waals surface area contributed by atoms with Gasteiger partial charge in [0.05, 0.1) is 5.54 Å². The zero-order chi connectivity index (χ0) is 13.0. The van der Waals surface area contributed by atoms with Crippen molar-refractivity contribution in [3.05, 3.63) is 17.6 Å². The van der Waals surface area contributed by atoms with E-state index in [-0.39, 0.29) is 5.54 Å². The Labute approximate surface area is 114 Å². The molecule has 0 aliphatic heterocycles. The molecule has 1 fully saturated rings. The Kier molecular flexibility index (Phi) is 4.44. The Morgan fingerprint density at radius 3 is 2.61 bits per heavy atom. The molecule has 100 valence electrons. The fraction of sp³-hybridized carbons (Fsp3) is 0.714. The maximum Gasteiger partial charge on any atom is 0.130 e. The third-order valence-corrected chi connectivity index (χ3v) is 4.19. The molecule has 18 heavy (non-hydrogen) atoms. The second kappa shape index (κ2) is 5.87. The molecule has 0 saturated heterocycles. The molecule has 1 saturated carbocycles. The predicted octanol–water partition coefficient (Wildman–Crippen LogP) is 3.70. The lowest BCUT2D eigenvalue weighted by molar-refractivity contribution is 0.352. The van der Waals surface area contributed by atoms with Gasteiger partial charge in [-0.15, -0.1) is 11.6 Å². The number of hydrogen-bond acceptors (Lipinski definition) is 3. The van der Waals surface area contributed by atoms with Crippen LogP contribution in [0.1, 0.15) is 50.5 Å². The van der Waals surface area contributed by atoms with E-state index in [4.69, 9.17) is 11.6 Å². The highest BCUT2D eigenvalue weighted by atomic mass is 35.5. The van der Waals surface area contributed by atoms with Gasteiger partial charge in [0.15, 0.2) is 0 Å². The first-order chi connectivity index (χ1) is 8.67. The maximum atomic E-state index is 6.19. The molecular weight excluding hydrogens is 246 g/mol. The lowest BCUT2D eigenvalue weighted by atomic mass is 9.83. The van der Waals surface area contributed by atoms with Gasteiger partial charge >= 0.3 is 0 Å². The van der Waals surface area contributed by atoms with Crippen molar-refractivity contribution in [1.29, 1.82) is 0 Å². The Hall–Kier alpha value is -0.830. The van der Waals surface area contributed by atoms with E-state index < -0.39 is 0 Å². The summed E-state index contributed by atoms with van der Waals surface area (Å²) >= 11 is 6.19. The van der Waals surface area contributed by atoms with Gasteiger partial charge in [-0.25, -0.2) is 9.97 Å². The van der Waals surface area contributed by atoms with Gasteiger partial charge in [0.25, 0.3) is 0 Å². The van der Waals surface area contributed by atoms with E-state index in [0.29, 0.717) is 5.88 Å². The summed E-state index contributed by atoms with van der Waals surface area (Å²) in [5.41, 5.74) is 1.05. The summed E-state index contributed by atoms with van der Waals surface area (Å²) in [7, 11) is 0. The molecule has 0 bridgehead atoms. The van der Waals surface area contributed by atoms with E-state index >= 15 is 0 Å². The molecular formula is C14H22ClN3. The highest BCUT2D eigenvalue weighted by molar-refractivity contribution is 6.18. The average molecular weight is 268 g/mol. The van der Waals surface area contributed by atoms with Crippen molar-refractivity contribution in [3.63, 3.8) is 0 Å². The summed E-state index contributed by atoms with van der Waals surface area (Å²) in [5, 5.41) is 3.58. The molecule has 3 nitrogen and oxygen atoms in total. The molecule has 0 unspecified atom stereocenters. The SMILES string of the molecule is CCc1nc(C)cc(NC2(CCl)CCCCC2)n1. The van der Waals surface area contributed by atoms with Gasteiger partial charge in [0, 0.05) is 24.1 Å². The zero-order valence-electron chi connectivity index (χ0n) is 11.3. The van der Waals surface area contributed by atoms with Crippen LogP contribution in [-0.2, 0) is 6.42 Å². The molecule has 0 atom stereocenters. The molecule has 1 aliphatic rings. The number of halogens is 1. The first kappa shape index (κ1) is 13.6. The maximum absolute atomic E-state index is 6.19. The molecule has 2 rings (SSSR count). The molecule has 0 aromatic carbocycles. The van der Waals surface area contributed by atoms with Crippen LogP contribution in [0.15, 0.2) is 6.07 Å². The molecule has 0 amide bonds. The Balaban J connectivity index is 2.18. The van der Waals surface area contributed by atoms with E-state index in [0.717, 1.165) is 36.6 Å². The summed E-state index contributed by atoms with van der Waals surface area (Å²) in [6.45, 7) is 4.09. The van der Waals surface area contributed by atoms with E-state index in [2.05, 4.69) is 22.2 Å². The van der Waals surface area contributed by atoms with Crippen LogP contribution in [-0.4, -0.2) is 21.4 Å². The fourth-order valence-corrected chi connectivity index (χ4v) is 2.98. The van der Waals surface area contributed by atoms with Crippen molar-refractivity contribution < 1.29 is 0 Å². The zero-order valence-corrected chi connectivity index (χ0v) is 12.1. The van der Waals surface area contributed by atoms with Gasteiger partial charge in [-0.2, -0.15) is 0 Å². The van der Waals surface area contributed by atoms with Gasteiger partial charge in [-0.1, -0.05) is 26.2 Å². The standard InChI is InChI=1S/C14H22ClN3/c1-3-12-16-11(2)9-13(17-12)18-14(10-15)7-5-4-6-8-14/h9H,3-8,10H2,1-2H3,(H,16,17,18). The molecule has 0 radical (unpaired) electrons. The van der Waals surface area contributed by atoms with Crippen molar-refractivity contribution in [2.75, 3.05) is 11.2 Å². The molecule has 1 aromatic rings. The van der Waals surface area contributed by atoms with Crippen molar-refractivity contribution in [2.24, 2.45) is 0 Å². The minimum absolute atomic E-state index is 0.0333. The fourth-order valence-electron chi connectivity index (χ4n) is 2.64. The van der Waals surface area contributed by atoms with Crippen molar-refractivity contribution in [3.8, 4) is 0 Å². The predicted molar refractivity (Wildman–Crippen MR) is 76.3 cm³/mol. The lowest BCUT2D eigenvalue weighted by Crippen LogP contribution is -2.42.